The Hall–Kier alpha value is -0.440. The molecular formula is C10H8Br2N2O2S2. The molecule has 0 saturated carbocycles. The summed E-state index contributed by atoms with van der Waals surface area (Å²) < 4.78 is 25.9. The van der Waals surface area contributed by atoms with Crippen molar-refractivity contribution in [3.63, 3.8) is 0 Å². The van der Waals surface area contributed by atoms with E-state index >= 15 is 0 Å². The maximum atomic E-state index is 11.4. The van der Waals surface area contributed by atoms with Crippen molar-refractivity contribution in [1.82, 2.24) is 4.98 Å². The molecule has 0 fully saturated rings. The van der Waals surface area contributed by atoms with Gasteiger partial charge in [-0.1, -0.05) is 44.0 Å². The lowest BCUT2D eigenvalue weighted by Crippen LogP contribution is -2.12. The van der Waals surface area contributed by atoms with E-state index in [4.69, 9.17) is 0 Å². The van der Waals surface area contributed by atoms with Gasteiger partial charge in [0.25, 0.3) is 0 Å². The summed E-state index contributed by atoms with van der Waals surface area (Å²) in [7, 11) is -3.34. The van der Waals surface area contributed by atoms with E-state index in [9.17, 15) is 8.42 Å². The molecule has 0 aliphatic carbocycles. The first-order valence-electron chi connectivity index (χ1n) is 4.78. The largest absolute Gasteiger partial charge is 0.258 e. The van der Waals surface area contributed by atoms with Crippen LogP contribution in [0.5, 0.6) is 0 Å². The fraction of sp³-hybridized carbons (Fsp3) is 0.100. The van der Waals surface area contributed by atoms with E-state index in [2.05, 4.69) is 41.6 Å². The number of alkyl halides is 1. The highest BCUT2D eigenvalue weighted by Crippen LogP contribution is 2.27. The van der Waals surface area contributed by atoms with Crippen LogP contribution < -0.4 is 4.72 Å². The van der Waals surface area contributed by atoms with E-state index in [-0.39, 0.29) is 4.66 Å². The Labute approximate surface area is 126 Å². The van der Waals surface area contributed by atoms with Crippen LogP contribution >= 0.6 is 43.2 Å². The van der Waals surface area contributed by atoms with Gasteiger partial charge in [-0.3, -0.25) is 4.72 Å². The van der Waals surface area contributed by atoms with Crippen molar-refractivity contribution in [2.24, 2.45) is 0 Å². The van der Waals surface area contributed by atoms with Crippen molar-refractivity contribution in [2.45, 2.75) is 0 Å². The molecule has 0 bridgehead atoms. The summed E-state index contributed by atoms with van der Waals surface area (Å²) in [5, 5.41) is 2.18. The fourth-order valence-electron chi connectivity index (χ4n) is 1.26. The van der Waals surface area contributed by atoms with Crippen molar-refractivity contribution in [2.75, 3.05) is 9.38 Å². The Bertz CT molecular complexity index is 655. The maximum Gasteiger partial charge on any atom is 0.244 e. The number of anilines is 1. The van der Waals surface area contributed by atoms with Crippen LogP contribution in [0.15, 0.2) is 34.1 Å². The Morgan fingerprint density at radius 1 is 1.39 bits per heavy atom. The highest BCUT2D eigenvalue weighted by molar-refractivity contribution is 9.11. The number of hydrogen-bond acceptors (Lipinski definition) is 4. The molecule has 1 heterocycles. The number of halogens is 2. The second-order valence-electron chi connectivity index (χ2n) is 3.37. The van der Waals surface area contributed by atoms with Gasteiger partial charge in [0.2, 0.25) is 10.0 Å². The molecule has 0 radical (unpaired) electrons. The standard InChI is InChI=1S/C10H8Br2N2O2S2/c11-6-18(15,16)14-10-13-9(5-17-10)7-2-1-3-8(12)4-7/h1-5H,6H2,(H,13,14). The lowest BCUT2D eigenvalue weighted by molar-refractivity contribution is 0.606. The molecule has 2 aromatic rings. The van der Waals surface area contributed by atoms with Crippen LogP contribution in [-0.2, 0) is 10.0 Å². The highest BCUT2D eigenvalue weighted by Gasteiger charge is 2.11. The molecule has 1 aromatic heterocycles. The predicted octanol–water partition coefficient (Wildman–Crippen LogP) is 3.67. The van der Waals surface area contributed by atoms with Crippen molar-refractivity contribution >= 4 is 58.4 Å². The third-order valence-corrected chi connectivity index (χ3v) is 5.99. The first-order valence-corrected chi connectivity index (χ1v) is 9.23. The van der Waals surface area contributed by atoms with Gasteiger partial charge in [0, 0.05) is 15.4 Å². The van der Waals surface area contributed by atoms with Gasteiger partial charge < -0.3 is 0 Å². The van der Waals surface area contributed by atoms with E-state index < -0.39 is 10.0 Å². The molecule has 96 valence electrons. The second kappa shape index (κ2) is 5.68. The van der Waals surface area contributed by atoms with Gasteiger partial charge in [-0.2, -0.15) is 0 Å². The van der Waals surface area contributed by atoms with Gasteiger partial charge in [0.1, 0.15) is 4.66 Å². The smallest absolute Gasteiger partial charge is 0.244 e. The zero-order chi connectivity index (χ0) is 13.2. The highest BCUT2D eigenvalue weighted by atomic mass is 79.9. The maximum absolute atomic E-state index is 11.4. The summed E-state index contributed by atoms with van der Waals surface area (Å²) in [5.41, 5.74) is 1.68. The number of thiazole rings is 1. The van der Waals surface area contributed by atoms with Crippen molar-refractivity contribution < 1.29 is 8.42 Å². The van der Waals surface area contributed by atoms with Gasteiger partial charge in [-0.15, -0.1) is 11.3 Å². The van der Waals surface area contributed by atoms with E-state index in [1.807, 2.05) is 29.6 Å². The third kappa shape index (κ3) is 3.53. The minimum Gasteiger partial charge on any atom is -0.258 e. The van der Waals surface area contributed by atoms with Crippen LogP contribution in [0.3, 0.4) is 0 Å². The molecule has 0 saturated heterocycles. The third-order valence-electron chi connectivity index (χ3n) is 2.01. The van der Waals surface area contributed by atoms with Crippen molar-refractivity contribution in [3.05, 3.63) is 34.1 Å². The molecule has 4 nitrogen and oxygen atoms in total. The molecule has 2 rings (SSSR count). The van der Waals surface area contributed by atoms with Gasteiger partial charge >= 0.3 is 0 Å². The number of nitrogens with zero attached hydrogens (tertiary/aromatic N) is 1. The first-order chi connectivity index (χ1) is 8.50. The molecular weight excluding hydrogens is 404 g/mol. The summed E-state index contributed by atoms with van der Waals surface area (Å²) in [6.45, 7) is 0. The first kappa shape index (κ1) is 14.0. The summed E-state index contributed by atoms with van der Waals surface area (Å²) in [6, 6.07) is 7.67. The molecule has 8 heteroatoms. The number of hydrogen-bond donors (Lipinski definition) is 1. The molecule has 0 atom stereocenters. The van der Waals surface area contributed by atoms with Crippen LogP contribution in [0.25, 0.3) is 11.3 Å². The number of rotatable bonds is 4. The molecule has 0 unspecified atom stereocenters. The van der Waals surface area contributed by atoms with Gasteiger partial charge in [0.15, 0.2) is 5.13 Å². The van der Waals surface area contributed by atoms with Crippen molar-refractivity contribution in [1.29, 1.82) is 0 Å². The molecule has 18 heavy (non-hydrogen) atoms. The number of sulfonamides is 1. The van der Waals surface area contributed by atoms with E-state index in [0.717, 1.165) is 15.7 Å². The normalized spacial score (nSPS) is 11.4. The number of benzene rings is 1. The molecule has 0 aliphatic heterocycles. The van der Waals surface area contributed by atoms with Crippen LogP contribution in [-0.4, -0.2) is 18.1 Å². The van der Waals surface area contributed by atoms with E-state index in [1.165, 1.54) is 11.3 Å². The fourth-order valence-corrected chi connectivity index (χ4v) is 3.51. The van der Waals surface area contributed by atoms with Gasteiger partial charge in [-0.25, -0.2) is 13.4 Å². The lowest BCUT2D eigenvalue weighted by Gasteiger charge is -2.00. The quantitative estimate of drug-likeness (QED) is 0.780. The van der Waals surface area contributed by atoms with Crippen LogP contribution in [0.1, 0.15) is 0 Å². The Balaban J connectivity index is 2.26. The zero-order valence-corrected chi connectivity index (χ0v) is 13.7. The summed E-state index contributed by atoms with van der Waals surface area (Å²) in [5.74, 6) is 0. The van der Waals surface area contributed by atoms with Crippen LogP contribution in [0.2, 0.25) is 0 Å². The number of aromatic nitrogens is 1. The van der Waals surface area contributed by atoms with Crippen LogP contribution in [0, 0.1) is 0 Å². The minimum absolute atomic E-state index is 0.147. The zero-order valence-electron chi connectivity index (χ0n) is 8.93. The lowest BCUT2D eigenvalue weighted by atomic mass is 10.2. The molecule has 1 N–H and O–H groups in total. The molecule has 0 amide bonds. The SMILES string of the molecule is O=S(=O)(CBr)Nc1nc(-c2cccc(Br)c2)cs1. The van der Waals surface area contributed by atoms with E-state index in [1.54, 1.807) is 0 Å². The predicted molar refractivity (Wildman–Crippen MR) is 81.6 cm³/mol. The second-order valence-corrected chi connectivity index (χ2v) is 8.17. The average Bonchev–Trinajstić information content (AvgIpc) is 2.77. The molecule has 0 spiro atoms. The van der Waals surface area contributed by atoms with Gasteiger partial charge in [-0.05, 0) is 12.1 Å². The molecule has 1 aromatic carbocycles. The van der Waals surface area contributed by atoms with Gasteiger partial charge in [0.05, 0.1) is 5.69 Å². The molecule has 0 aliphatic rings. The number of nitrogens with one attached hydrogen (secondary N) is 1. The Morgan fingerprint density at radius 2 is 2.17 bits per heavy atom. The van der Waals surface area contributed by atoms with Crippen LogP contribution in [0.4, 0.5) is 5.13 Å². The summed E-state index contributed by atoms with van der Waals surface area (Å²) >= 11 is 7.55. The van der Waals surface area contributed by atoms with E-state index in [0.29, 0.717) is 5.13 Å². The Morgan fingerprint density at radius 3 is 2.83 bits per heavy atom. The minimum atomic E-state index is -3.34. The summed E-state index contributed by atoms with van der Waals surface area (Å²) in [4.78, 5) is 4.24. The topological polar surface area (TPSA) is 59.1 Å². The summed E-state index contributed by atoms with van der Waals surface area (Å²) in [6.07, 6.45) is 0. The Kier molecular flexibility index (Phi) is 4.41. The van der Waals surface area contributed by atoms with Crippen molar-refractivity contribution in [3.8, 4) is 11.3 Å². The monoisotopic (exact) mass is 410 g/mol. The average molecular weight is 412 g/mol.